The molecule has 2 nitrogen and oxygen atoms in total. The Morgan fingerprint density at radius 1 is 1.00 bits per heavy atom. The molecule has 0 unspecified atom stereocenters. The summed E-state index contributed by atoms with van der Waals surface area (Å²) in [7, 11) is 0. The van der Waals surface area contributed by atoms with Crippen LogP contribution in [0, 0.1) is 29.6 Å². The Morgan fingerprint density at radius 2 is 1.59 bits per heavy atom. The highest BCUT2D eigenvalue weighted by molar-refractivity contribution is 4.98. The van der Waals surface area contributed by atoms with E-state index in [9.17, 15) is 0 Å². The van der Waals surface area contributed by atoms with Crippen LogP contribution in [-0.2, 0) is 0 Å². The van der Waals surface area contributed by atoms with E-state index in [1.165, 1.54) is 13.1 Å². The van der Waals surface area contributed by atoms with Gasteiger partial charge in [-0.2, -0.15) is 0 Å². The molecule has 4 aliphatic carbocycles. The maximum atomic E-state index is 5.71. The Morgan fingerprint density at radius 3 is 2.06 bits per heavy atom. The van der Waals surface area contributed by atoms with Crippen LogP contribution in [0.1, 0.15) is 39.0 Å². The van der Waals surface area contributed by atoms with Crippen LogP contribution >= 0.6 is 0 Å². The van der Waals surface area contributed by atoms with Crippen molar-refractivity contribution in [2.24, 2.45) is 35.3 Å². The maximum Gasteiger partial charge on any atom is 0.0105 e. The van der Waals surface area contributed by atoms with Gasteiger partial charge in [-0.25, -0.2) is 0 Å². The van der Waals surface area contributed by atoms with Crippen LogP contribution in [-0.4, -0.2) is 31.1 Å². The molecular formula is C15H28N2. The van der Waals surface area contributed by atoms with Crippen LogP contribution in [0.3, 0.4) is 0 Å². The largest absolute Gasteiger partial charge is 0.329 e. The van der Waals surface area contributed by atoms with E-state index in [-0.39, 0.29) is 0 Å². The van der Waals surface area contributed by atoms with Gasteiger partial charge in [0.05, 0.1) is 0 Å². The highest BCUT2D eigenvalue weighted by Crippen LogP contribution is 2.56. The summed E-state index contributed by atoms with van der Waals surface area (Å²) in [5.74, 6) is 5.36. The first-order valence-corrected chi connectivity index (χ1v) is 7.72. The van der Waals surface area contributed by atoms with Crippen LogP contribution in [0.5, 0.6) is 0 Å². The fourth-order valence-electron chi connectivity index (χ4n) is 5.20. The molecule has 4 rings (SSSR count). The van der Waals surface area contributed by atoms with Crippen LogP contribution in [0.4, 0.5) is 0 Å². The molecule has 0 atom stereocenters. The molecule has 0 aromatic carbocycles. The second kappa shape index (κ2) is 4.89. The Bertz CT molecular complexity index is 236. The number of hydrogen-bond donors (Lipinski definition) is 1. The third-order valence-corrected chi connectivity index (χ3v) is 5.78. The lowest BCUT2D eigenvalue weighted by molar-refractivity contribution is -0.0482. The first kappa shape index (κ1) is 12.0. The normalized spacial score (nSPS) is 43.6. The molecule has 0 saturated heterocycles. The lowest BCUT2D eigenvalue weighted by atomic mass is 9.52. The Labute approximate surface area is 106 Å². The fourth-order valence-corrected chi connectivity index (χ4v) is 5.20. The lowest BCUT2D eigenvalue weighted by Crippen LogP contribution is -2.49. The average molecular weight is 236 g/mol. The number of rotatable bonds is 5. The molecule has 2 heteroatoms. The molecule has 4 saturated carbocycles. The minimum Gasteiger partial charge on any atom is -0.329 e. The number of nitrogens with zero attached hydrogens (tertiary/aromatic N) is 1. The first-order chi connectivity index (χ1) is 8.30. The summed E-state index contributed by atoms with van der Waals surface area (Å²) in [6.45, 7) is 6.72. The van der Waals surface area contributed by atoms with E-state index in [1.807, 2.05) is 0 Å². The Kier molecular flexibility index (Phi) is 3.45. The number of likely N-dealkylation sites (N-methyl/N-ethyl adjacent to an activating group) is 1. The molecule has 0 aromatic heterocycles. The van der Waals surface area contributed by atoms with E-state index in [2.05, 4.69) is 11.8 Å². The van der Waals surface area contributed by atoms with E-state index in [0.29, 0.717) is 0 Å². The predicted molar refractivity (Wildman–Crippen MR) is 71.7 cm³/mol. The second-order valence-corrected chi connectivity index (χ2v) is 6.78. The molecule has 0 aromatic rings. The molecular weight excluding hydrogens is 208 g/mol. The van der Waals surface area contributed by atoms with Crippen molar-refractivity contribution >= 4 is 0 Å². The van der Waals surface area contributed by atoms with E-state index >= 15 is 0 Å². The summed E-state index contributed by atoms with van der Waals surface area (Å²) in [5.41, 5.74) is 5.71. The minimum atomic E-state index is 0.821. The van der Waals surface area contributed by atoms with Crippen LogP contribution in [0.25, 0.3) is 0 Å². The molecule has 0 heterocycles. The van der Waals surface area contributed by atoms with Gasteiger partial charge < -0.3 is 10.6 Å². The third kappa shape index (κ3) is 2.26. The molecule has 0 amide bonds. The topological polar surface area (TPSA) is 29.3 Å². The molecule has 4 aliphatic rings. The summed E-state index contributed by atoms with van der Waals surface area (Å²) in [5, 5.41) is 0. The van der Waals surface area contributed by atoms with E-state index in [4.69, 9.17) is 5.73 Å². The van der Waals surface area contributed by atoms with Gasteiger partial charge in [-0.15, -0.1) is 0 Å². The highest BCUT2D eigenvalue weighted by Gasteiger charge is 2.48. The van der Waals surface area contributed by atoms with Gasteiger partial charge in [0.15, 0.2) is 0 Å². The van der Waals surface area contributed by atoms with Crippen molar-refractivity contribution in [2.75, 3.05) is 26.2 Å². The summed E-state index contributed by atoms with van der Waals surface area (Å²) < 4.78 is 0. The molecule has 2 N–H and O–H groups in total. The predicted octanol–water partition coefficient (Wildman–Crippen LogP) is 2.34. The van der Waals surface area contributed by atoms with Crippen molar-refractivity contribution in [3.05, 3.63) is 0 Å². The number of hydrogen-bond acceptors (Lipinski definition) is 2. The SMILES string of the molecule is CCN(CCN)CC1C2CC3CC(C2)CC1C3. The van der Waals surface area contributed by atoms with Gasteiger partial charge in [-0.05, 0) is 68.2 Å². The summed E-state index contributed by atoms with van der Waals surface area (Å²) >= 11 is 0. The third-order valence-electron chi connectivity index (χ3n) is 5.78. The quantitative estimate of drug-likeness (QED) is 0.794. The highest BCUT2D eigenvalue weighted by atomic mass is 15.1. The van der Waals surface area contributed by atoms with Crippen LogP contribution in [0.2, 0.25) is 0 Å². The fraction of sp³-hybridized carbons (Fsp3) is 1.00. The van der Waals surface area contributed by atoms with Crippen LogP contribution in [0.15, 0.2) is 0 Å². The maximum absolute atomic E-state index is 5.71. The molecule has 0 aliphatic heterocycles. The molecule has 17 heavy (non-hydrogen) atoms. The van der Waals surface area contributed by atoms with Gasteiger partial charge in [0, 0.05) is 19.6 Å². The monoisotopic (exact) mass is 236 g/mol. The van der Waals surface area contributed by atoms with Crippen molar-refractivity contribution in [1.82, 2.24) is 4.90 Å². The lowest BCUT2D eigenvalue weighted by Gasteiger charge is -2.55. The van der Waals surface area contributed by atoms with E-state index in [1.54, 1.807) is 32.1 Å². The minimum absolute atomic E-state index is 0.821. The smallest absolute Gasteiger partial charge is 0.0105 e. The van der Waals surface area contributed by atoms with Gasteiger partial charge in [-0.3, -0.25) is 0 Å². The van der Waals surface area contributed by atoms with Crippen molar-refractivity contribution in [3.8, 4) is 0 Å². The first-order valence-electron chi connectivity index (χ1n) is 7.72. The van der Waals surface area contributed by atoms with Crippen LogP contribution < -0.4 is 5.73 Å². The van der Waals surface area contributed by atoms with Crippen molar-refractivity contribution in [3.63, 3.8) is 0 Å². The zero-order valence-electron chi connectivity index (χ0n) is 11.3. The standard InChI is InChI=1S/C15H28N2/c1-2-17(4-3-16)10-15-13-6-11-5-12(8-13)9-14(15)7-11/h11-15H,2-10,16H2,1H3. The van der Waals surface area contributed by atoms with Crippen molar-refractivity contribution in [2.45, 2.75) is 39.0 Å². The van der Waals surface area contributed by atoms with Crippen molar-refractivity contribution in [1.29, 1.82) is 0 Å². The van der Waals surface area contributed by atoms with Gasteiger partial charge in [0.25, 0.3) is 0 Å². The molecule has 98 valence electrons. The average Bonchev–Trinajstić information content (AvgIpc) is 2.31. The zero-order valence-corrected chi connectivity index (χ0v) is 11.3. The number of nitrogens with two attached hydrogens (primary N) is 1. The summed E-state index contributed by atoms with van der Waals surface area (Å²) in [6, 6.07) is 0. The molecule has 0 radical (unpaired) electrons. The van der Waals surface area contributed by atoms with Gasteiger partial charge in [0.2, 0.25) is 0 Å². The molecule has 4 fully saturated rings. The zero-order chi connectivity index (χ0) is 11.8. The van der Waals surface area contributed by atoms with E-state index in [0.717, 1.165) is 42.7 Å². The summed E-state index contributed by atoms with van der Waals surface area (Å²) in [4.78, 5) is 2.59. The molecule has 4 bridgehead atoms. The molecule has 0 spiro atoms. The van der Waals surface area contributed by atoms with Crippen molar-refractivity contribution < 1.29 is 0 Å². The van der Waals surface area contributed by atoms with Gasteiger partial charge in [0.1, 0.15) is 0 Å². The second-order valence-electron chi connectivity index (χ2n) is 6.78. The van der Waals surface area contributed by atoms with Gasteiger partial charge >= 0.3 is 0 Å². The Hall–Kier alpha value is -0.0800. The summed E-state index contributed by atoms with van der Waals surface area (Å²) in [6.07, 6.45) is 7.78. The van der Waals surface area contributed by atoms with Gasteiger partial charge in [-0.1, -0.05) is 6.92 Å². The Balaban J connectivity index is 1.63. The van der Waals surface area contributed by atoms with E-state index < -0.39 is 0 Å².